The zero-order valence-corrected chi connectivity index (χ0v) is 23.1. The molecule has 0 saturated carbocycles. The number of benzene rings is 2. The maximum absolute atomic E-state index is 12.4. The molecule has 3 aromatic rings. The Balaban J connectivity index is 1.13. The Hall–Kier alpha value is -2.65. The number of ether oxygens (including phenoxy) is 1. The van der Waals surface area contributed by atoms with E-state index in [0.717, 1.165) is 59.9 Å². The number of rotatable bonds is 10. The van der Waals surface area contributed by atoms with Crippen molar-refractivity contribution in [2.45, 2.75) is 45.2 Å². The fourth-order valence-corrected chi connectivity index (χ4v) is 5.44. The first kappa shape index (κ1) is 27.4. The Morgan fingerprint density at radius 1 is 1.22 bits per heavy atom. The second kappa shape index (κ2) is 13.2. The molecule has 3 N–H and O–H groups in total. The number of piperidine rings is 1. The predicted octanol–water partition coefficient (Wildman–Crippen LogP) is 5.98. The number of aryl methyl sites for hydroxylation is 1. The zero-order chi connectivity index (χ0) is 26.2. The molecule has 10 heteroatoms. The molecule has 1 aliphatic rings. The molecule has 0 bridgehead atoms. The highest BCUT2D eigenvalue weighted by Gasteiger charge is 2.21. The number of amides is 1. The van der Waals surface area contributed by atoms with Gasteiger partial charge in [0.05, 0.1) is 28.7 Å². The van der Waals surface area contributed by atoms with E-state index in [1.807, 2.05) is 49.4 Å². The van der Waals surface area contributed by atoms with E-state index in [1.165, 1.54) is 17.7 Å². The predicted molar refractivity (Wildman–Crippen MR) is 152 cm³/mol. The summed E-state index contributed by atoms with van der Waals surface area (Å²) in [4.78, 5) is 24.4. The third-order valence-corrected chi connectivity index (χ3v) is 7.88. The Labute approximate surface area is 231 Å². The lowest BCUT2D eigenvalue weighted by Gasteiger charge is -2.32. The Morgan fingerprint density at radius 3 is 2.68 bits per heavy atom. The lowest BCUT2D eigenvalue weighted by Crippen LogP contribution is -2.44. The quantitative estimate of drug-likeness (QED) is 0.181. The number of nitrogens with zero attached hydrogens (tertiary/aromatic N) is 3. The number of aliphatic imine (C=N–C) groups is 1. The standard InChI is InChI=1S/C27H31Cl2N5O2S/c1-18-26(33-27(37-18)31-17-30)20-5-7-22(8-6-20)36-14-2-3-25(35)32-21-10-12-34(13-11-21)16-19-4-9-23(28)24(29)15-19/h4-9,15,17,21H,2-3,10-14,16H2,1H3,(H,32,35)(H2,30,31,33). The van der Waals surface area contributed by atoms with Crippen LogP contribution in [0.25, 0.3) is 11.3 Å². The molecule has 0 atom stereocenters. The van der Waals surface area contributed by atoms with Gasteiger partial charge < -0.3 is 15.8 Å². The Kier molecular flexibility index (Phi) is 9.80. The molecule has 37 heavy (non-hydrogen) atoms. The highest BCUT2D eigenvalue weighted by Crippen LogP contribution is 2.32. The van der Waals surface area contributed by atoms with E-state index >= 15 is 0 Å². The van der Waals surface area contributed by atoms with E-state index in [-0.39, 0.29) is 11.9 Å². The van der Waals surface area contributed by atoms with Crippen molar-refractivity contribution >= 4 is 51.9 Å². The van der Waals surface area contributed by atoms with Crippen LogP contribution < -0.4 is 15.8 Å². The van der Waals surface area contributed by atoms with Crippen LogP contribution in [0.15, 0.2) is 47.5 Å². The van der Waals surface area contributed by atoms with Crippen molar-refractivity contribution in [1.29, 1.82) is 0 Å². The topological polar surface area (TPSA) is 92.8 Å². The minimum absolute atomic E-state index is 0.0804. The highest BCUT2D eigenvalue weighted by molar-refractivity contribution is 7.15. The first-order valence-corrected chi connectivity index (χ1v) is 13.9. The van der Waals surface area contributed by atoms with Crippen molar-refractivity contribution in [2.24, 2.45) is 10.7 Å². The van der Waals surface area contributed by atoms with Gasteiger partial charge in [0.15, 0.2) is 0 Å². The fourth-order valence-electron chi connectivity index (χ4n) is 4.33. The molecule has 1 saturated heterocycles. The lowest BCUT2D eigenvalue weighted by atomic mass is 10.0. The molecule has 0 radical (unpaired) electrons. The third-order valence-electron chi connectivity index (χ3n) is 6.26. The molecule has 7 nitrogen and oxygen atoms in total. The van der Waals surface area contributed by atoms with Crippen molar-refractivity contribution < 1.29 is 9.53 Å². The number of nitrogens with one attached hydrogen (secondary N) is 1. The Morgan fingerprint density at radius 2 is 1.97 bits per heavy atom. The minimum atomic E-state index is 0.0804. The number of hydrogen-bond acceptors (Lipinski definition) is 6. The summed E-state index contributed by atoms with van der Waals surface area (Å²) in [5.41, 5.74) is 8.41. The van der Waals surface area contributed by atoms with Gasteiger partial charge in [0, 0.05) is 42.5 Å². The van der Waals surface area contributed by atoms with Gasteiger partial charge in [-0.25, -0.2) is 9.98 Å². The molecule has 1 amide bonds. The van der Waals surface area contributed by atoms with E-state index in [1.54, 1.807) is 0 Å². The first-order chi connectivity index (χ1) is 17.9. The maximum Gasteiger partial charge on any atom is 0.220 e. The van der Waals surface area contributed by atoms with Crippen LogP contribution in [0.4, 0.5) is 5.13 Å². The van der Waals surface area contributed by atoms with Gasteiger partial charge >= 0.3 is 0 Å². The minimum Gasteiger partial charge on any atom is -0.494 e. The number of hydrogen-bond donors (Lipinski definition) is 2. The van der Waals surface area contributed by atoms with Gasteiger partial charge in [-0.2, -0.15) is 0 Å². The summed E-state index contributed by atoms with van der Waals surface area (Å²) in [7, 11) is 0. The van der Waals surface area contributed by atoms with Crippen LogP contribution in [0.2, 0.25) is 10.0 Å². The van der Waals surface area contributed by atoms with Gasteiger partial charge in [-0.15, -0.1) is 0 Å². The number of carbonyl (C=O) groups excluding carboxylic acids is 1. The summed E-state index contributed by atoms with van der Waals surface area (Å²) in [6.45, 7) is 5.21. The van der Waals surface area contributed by atoms with Gasteiger partial charge in [0.2, 0.25) is 11.0 Å². The second-order valence-electron chi connectivity index (χ2n) is 9.02. The number of halogens is 2. The molecular weight excluding hydrogens is 529 g/mol. The van der Waals surface area contributed by atoms with Crippen molar-refractivity contribution in [3.63, 3.8) is 0 Å². The van der Waals surface area contributed by atoms with E-state index < -0.39 is 0 Å². The van der Waals surface area contributed by atoms with Gasteiger partial charge in [-0.1, -0.05) is 40.6 Å². The van der Waals surface area contributed by atoms with Crippen molar-refractivity contribution in [1.82, 2.24) is 15.2 Å². The third kappa shape index (κ3) is 7.92. The fraction of sp³-hybridized carbons (Fsp3) is 0.370. The zero-order valence-electron chi connectivity index (χ0n) is 20.8. The smallest absolute Gasteiger partial charge is 0.220 e. The van der Waals surface area contributed by atoms with Crippen LogP contribution in [0.5, 0.6) is 5.75 Å². The molecule has 2 heterocycles. The number of nitrogens with two attached hydrogens (primary N) is 1. The summed E-state index contributed by atoms with van der Waals surface area (Å²) in [6.07, 6.45) is 4.24. The van der Waals surface area contributed by atoms with Crippen LogP contribution in [0, 0.1) is 6.92 Å². The largest absolute Gasteiger partial charge is 0.494 e. The molecule has 1 fully saturated rings. The van der Waals surface area contributed by atoms with Gasteiger partial charge in [-0.05, 0) is 68.1 Å². The number of thiazole rings is 1. The van der Waals surface area contributed by atoms with E-state index in [4.69, 9.17) is 33.7 Å². The van der Waals surface area contributed by atoms with Gasteiger partial charge in [-0.3, -0.25) is 9.69 Å². The molecule has 0 aliphatic carbocycles. The van der Waals surface area contributed by atoms with E-state index in [0.29, 0.717) is 34.6 Å². The summed E-state index contributed by atoms with van der Waals surface area (Å²) in [5, 5.41) is 4.98. The number of carbonyl (C=O) groups is 1. The van der Waals surface area contributed by atoms with Crippen LogP contribution in [0.3, 0.4) is 0 Å². The Bertz CT molecular complexity index is 1220. The van der Waals surface area contributed by atoms with Gasteiger partial charge in [0.1, 0.15) is 5.75 Å². The van der Waals surface area contributed by atoms with Crippen LogP contribution >= 0.6 is 34.5 Å². The molecule has 2 aromatic carbocycles. The molecule has 4 rings (SSSR count). The second-order valence-corrected chi connectivity index (χ2v) is 11.0. The van der Waals surface area contributed by atoms with E-state index in [2.05, 4.69) is 20.2 Å². The normalized spacial score (nSPS) is 14.8. The van der Waals surface area contributed by atoms with E-state index in [9.17, 15) is 4.79 Å². The molecule has 0 unspecified atom stereocenters. The van der Waals surface area contributed by atoms with Crippen LogP contribution in [0.1, 0.15) is 36.1 Å². The van der Waals surface area contributed by atoms with Crippen molar-refractivity contribution in [2.75, 3.05) is 19.7 Å². The lowest BCUT2D eigenvalue weighted by molar-refractivity contribution is -0.122. The van der Waals surface area contributed by atoms with Gasteiger partial charge in [0.25, 0.3) is 0 Å². The monoisotopic (exact) mass is 559 g/mol. The number of likely N-dealkylation sites (tertiary alicyclic amines) is 1. The summed E-state index contributed by atoms with van der Waals surface area (Å²) in [6, 6.07) is 13.8. The summed E-state index contributed by atoms with van der Waals surface area (Å²) < 4.78 is 5.84. The first-order valence-electron chi connectivity index (χ1n) is 12.3. The molecule has 0 spiro atoms. The average molecular weight is 561 g/mol. The van der Waals surface area contributed by atoms with Crippen LogP contribution in [-0.4, -0.2) is 47.9 Å². The highest BCUT2D eigenvalue weighted by atomic mass is 35.5. The number of aromatic nitrogens is 1. The molecule has 1 aromatic heterocycles. The summed E-state index contributed by atoms with van der Waals surface area (Å²) in [5.74, 6) is 0.850. The SMILES string of the molecule is Cc1sc(/N=C\N)nc1-c1ccc(OCCCC(=O)NC2CCN(Cc3ccc(Cl)c(Cl)c3)CC2)cc1. The molecule has 1 aliphatic heterocycles. The summed E-state index contributed by atoms with van der Waals surface area (Å²) >= 11 is 13.6. The molecular formula is C27H31Cl2N5O2S. The van der Waals surface area contributed by atoms with Crippen molar-refractivity contribution in [3.8, 4) is 17.0 Å². The maximum atomic E-state index is 12.4. The molecule has 196 valence electrons. The average Bonchev–Trinajstić information content (AvgIpc) is 3.26. The van der Waals surface area contributed by atoms with Crippen molar-refractivity contribution in [3.05, 3.63) is 63.0 Å². The van der Waals surface area contributed by atoms with Crippen LogP contribution in [-0.2, 0) is 11.3 Å².